The second-order valence-electron chi connectivity index (χ2n) is 3.97. The van der Waals surface area contributed by atoms with Gasteiger partial charge in [0.25, 0.3) is 0 Å². The Morgan fingerprint density at radius 3 is 2.85 bits per heavy atom. The SMILES string of the molecule is CC(NS(=O)(=O)c1cc(Cl)ccc1C#N)c1ncn[nH]1. The van der Waals surface area contributed by atoms with Gasteiger partial charge in [-0.15, -0.1) is 0 Å². The van der Waals surface area contributed by atoms with E-state index in [2.05, 4.69) is 19.9 Å². The lowest BCUT2D eigenvalue weighted by atomic mass is 10.2. The van der Waals surface area contributed by atoms with Gasteiger partial charge in [-0.2, -0.15) is 10.4 Å². The highest BCUT2D eigenvalue weighted by Gasteiger charge is 2.23. The molecule has 2 N–H and O–H groups in total. The average Bonchev–Trinajstić information content (AvgIpc) is 2.92. The molecule has 1 aromatic heterocycles. The highest BCUT2D eigenvalue weighted by atomic mass is 35.5. The topological polar surface area (TPSA) is 112 Å². The Balaban J connectivity index is 2.36. The number of benzene rings is 1. The monoisotopic (exact) mass is 311 g/mol. The van der Waals surface area contributed by atoms with Crippen molar-refractivity contribution in [1.82, 2.24) is 19.9 Å². The van der Waals surface area contributed by atoms with E-state index < -0.39 is 16.1 Å². The molecular formula is C11H10ClN5O2S. The molecule has 104 valence electrons. The van der Waals surface area contributed by atoms with Gasteiger partial charge < -0.3 is 0 Å². The van der Waals surface area contributed by atoms with E-state index in [9.17, 15) is 8.42 Å². The quantitative estimate of drug-likeness (QED) is 0.885. The predicted molar refractivity (Wildman–Crippen MR) is 71.3 cm³/mol. The molecule has 1 aromatic carbocycles. The number of nitrogens with zero attached hydrogens (tertiary/aromatic N) is 3. The number of hydrogen-bond donors (Lipinski definition) is 2. The Morgan fingerprint density at radius 2 is 2.25 bits per heavy atom. The van der Waals surface area contributed by atoms with Crippen LogP contribution in [0.5, 0.6) is 0 Å². The first-order chi connectivity index (χ1) is 9.44. The van der Waals surface area contributed by atoms with Crippen molar-refractivity contribution in [3.05, 3.63) is 40.9 Å². The van der Waals surface area contributed by atoms with Crippen molar-refractivity contribution in [3.8, 4) is 6.07 Å². The summed E-state index contributed by atoms with van der Waals surface area (Å²) in [6.45, 7) is 1.61. The van der Waals surface area contributed by atoms with Crippen LogP contribution in [-0.4, -0.2) is 23.6 Å². The van der Waals surface area contributed by atoms with Gasteiger partial charge in [0.2, 0.25) is 10.0 Å². The van der Waals surface area contributed by atoms with Crippen molar-refractivity contribution in [3.63, 3.8) is 0 Å². The molecular weight excluding hydrogens is 302 g/mol. The van der Waals surface area contributed by atoms with Gasteiger partial charge in [-0.1, -0.05) is 11.6 Å². The zero-order valence-corrected chi connectivity index (χ0v) is 11.9. The molecule has 0 spiro atoms. The van der Waals surface area contributed by atoms with Crippen LogP contribution in [0.1, 0.15) is 24.4 Å². The minimum atomic E-state index is -3.90. The molecule has 2 aromatic rings. The van der Waals surface area contributed by atoms with Crippen molar-refractivity contribution < 1.29 is 8.42 Å². The van der Waals surface area contributed by atoms with Crippen molar-refractivity contribution in [1.29, 1.82) is 5.26 Å². The lowest BCUT2D eigenvalue weighted by Gasteiger charge is -2.12. The van der Waals surface area contributed by atoms with Crippen LogP contribution in [0, 0.1) is 11.3 Å². The third-order valence-corrected chi connectivity index (χ3v) is 4.35. The molecule has 7 nitrogen and oxygen atoms in total. The summed E-state index contributed by atoms with van der Waals surface area (Å²) in [5, 5.41) is 15.4. The van der Waals surface area contributed by atoms with Gasteiger partial charge in [0, 0.05) is 5.02 Å². The van der Waals surface area contributed by atoms with Crippen LogP contribution < -0.4 is 4.72 Å². The van der Waals surface area contributed by atoms with Crippen LogP contribution in [0.15, 0.2) is 29.4 Å². The number of aromatic amines is 1. The fraction of sp³-hybridized carbons (Fsp3) is 0.182. The summed E-state index contributed by atoms with van der Waals surface area (Å²) < 4.78 is 27.0. The third kappa shape index (κ3) is 2.96. The lowest BCUT2D eigenvalue weighted by Crippen LogP contribution is -2.28. The van der Waals surface area contributed by atoms with Crippen molar-refractivity contribution >= 4 is 21.6 Å². The largest absolute Gasteiger partial charge is 0.262 e. The molecule has 0 radical (unpaired) electrons. The van der Waals surface area contributed by atoms with Crippen LogP contribution in [0.3, 0.4) is 0 Å². The molecule has 0 bridgehead atoms. The van der Waals surface area contributed by atoms with Crippen molar-refractivity contribution in [2.24, 2.45) is 0 Å². The molecule has 0 saturated carbocycles. The minimum absolute atomic E-state index is 0.0201. The summed E-state index contributed by atoms with van der Waals surface area (Å²) in [5.41, 5.74) is 0.0201. The molecule has 0 aliphatic heterocycles. The lowest BCUT2D eigenvalue weighted by molar-refractivity contribution is 0.560. The Labute approximate surface area is 120 Å². The zero-order valence-electron chi connectivity index (χ0n) is 10.3. The highest BCUT2D eigenvalue weighted by Crippen LogP contribution is 2.21. The molecule has 0 aliphatic rings. The molecule has 1 atom stereocenters. The van der Waals surface area contributed by atoms with Crippen LogP contribution in [-0.2, 0) is 10.0 Å². The van der Waals surface area contributed by atoms with Gasteiger partial charge >= 0.3 is 0 Å². The summed E-state index contributed by atoms with van der Waals surface area (Å²) in [4.78, 5) is 3.70. The summed E-state index contributed by atoms with van der Waals surface area (Å²) in [7, 11) is -3.90. The van der Waals surface area contributed by atoms with E-state index in [0.29, 0.717) is 5.82 Å². The second-order valence-corrected chi connectivity index (χ2v) is 6.08. The number of H-pyrrole nitrogens is 1. The predicted octanol–water partition coefficient (Wildman–Crippen LogP) is 1.37. The van der Waals surface area contributed by atoms with Crippen molar-refractivity contribution in [2.45, 2.75) is 17.9 Å². The number of rotatable bonds is 4. The molecule has 0 saturated heterocycles. The Morgan fingerprint density at radius 1 is 1.50 bits per heavy atom. The first kappa shape index (κ1) is 14.5. The first-order valence-corrected chi connectivity index (χ1v) is 7.37. The number of aromatic nitrogens is 3. The maximum absolute atomic E-state index is 12.3. The normalized spacial score (nSPS) is 12.8. The first-order valence-electron chi connectivity index (χ1n) is 5.51. The standard InChI is InChI=1S/C11H10ClN5O2S/c1-7(11-14-6-15-16-11)17-20(18,19)10-4-9(12)3-2-8(10)5-13/h2-4,6-7,17H,1H3,(H,14,15,16). The van der Waals surface area contributed by atoms with E-state index in [0.717, 1.165) is 0 Å². The fourth-order valence-corrected chi connectivity index (χ4v) is 3.21. The van der Waals surface area contributed by atoms with E-state index in [-0.39, 0.29) is 15.5 Å². The maximum atomic E-state index is 12.3. The number of sulfonamides is 1. The Bertz CT molecular complexity index is 752. The number of nitrogens with one attached hydrogen (secondary N) is 2. The zero-order chi connectivity index (χ0) is 14.8. The summed E-state index contributed by atoms with van der Waals surface area (Å²) in [6, 6.07) is 5.25. The molecule has 1 heterocycles. The van der Waals surface area contributed by atoms with E-state index in [1.165, 1.54) is 24.5 Å². The smallest absolute Gasteiger partial charge is 0.242 e. The summed E-state index contributed by atoms with van der Waals surface area (Å²) in [5.74, 6) is 0.370. The van der Waals surface area contributed by atoms with Crippen molar-refractivity contribution in [2.75, 3.05) is 0 Å². The maximum Gasteiger partial charge on any atom is 0.242 e. The summed E-state index contributed by atoms with van der Waals surface area (Å²) in [6.07, 6.45) is 1.28. The molecule has 20 heavy (non-hydrogen) atoms. The highest BCUT2D eigenvalue weighted by molar-refractivity contribution is 7.89. The Kier molecular flexibility index (Phi) is 4.04. The molecule has 0 amide bonds. The number of nitriles is 1. The van der Waals surface area contributed by atoms with Crippen LogP contribution in [0.4, 0.5) is 0 Å². The van der Waals surface area contributed by atoms with E-state index in [1.807, 2.05) is 6.07 Å². The van der Waals surface area contributed by atoms with Crippen LogP contribution in [0.25, 0.3) is 0 Å². The third-order valence-electron chi connectivity index (χ3n) is 2.53. The van der Waals surface area contributed by atoms with Gasteiger partial charge in [0.05, 0.1) is 11.6 Å². The van der Waals surface area contributed by atoms with Gasteiger partial charge in [-0.3, -0.25) is 5.10 Å². The van der Waals surface area contributed by atoms with E-state index in [1.54, 1.807) is 6.92 Å². The van der Waals surface area contributed by atoms with Crippen LogP contribution >= 0.6 is 11.6 Å². The molecule has 2 rings (SSSR count). The van der Waals surface area contributed by atoms with Gasteiger partial charge in [-0.05, 0) is 25.1 Å². The van der Waals surface area contributed by atoms with Crippen LogP contribution in [0.2, 0.25) is 5.02 Å². The number of halogens is 1. The Hall–Kier alpha value is -1.95. The molecule has 1 unspecified atom stereocenters. The number of hydrogen-bond acceptors (Lipinski definition) is 5. The molecule has 0 aliphatic carbocycles. The van der Waals surface area contributed by atoms with E-state index in [4.69, 9.17) is 16.9 Å². The fourth-order valence-electron chi connectivity index (χ4n) is 1.59. The van der Waals surface area contributed by atoms with Gasteiger partial charge in [0.15, 0.2) is 0 Å². The van der Waals surface area contributed by atoms with Gasteiger partial charge in [-0.25, -0.2) is 18.1 Å². The summed E-state index contributed by atoms with van der Waals surface area (Å²) >= 11 is 5.79. The second kappa shape index (κ2) is 5.58. The van der Waals surface area contributed by atoms with E-state index >= 15 is 0 Å². The minimum Gasteiger partial charge on any atom is -0.262 e. The van der Waals surface area contributed by atoms with Gasteiger partial charge in [0.1, 0.15) is 23.1 Å². The molecule has 9 heteroatoms. The molecule has 0 fully saturated rings. The average molecular weight is 312 g/mol.